The maximum absolute atomic E-state index is 14.5. The molecule has 1 aromatic rings. The van der Waals surface area contributed by atoms with Crippen molar-refractivity contribution < 1.29 is 23.3 Å². The molecule has 0 unspecified atom stereocenters. The van der Waals surface area contributed by atoms with Gasteiger partial charge in [0.1, 0.15) is 0 Å². The lowest BCUT2D eigenvalue weighted by Crippen LogP contribution is -2.66. The lowest BCUT2D eigenvalue weighted by Gasteiger charge is -2.72. The summed E-state index contributed by atoms with van der Waals surface area (Å²) in [4.78, 5) is 16.7. The third kappa shape index (κ3) is 5.83. The zero-order chi connectivity index (χ0) is 36.8. The number of fused-ring (bicyclic) bond motifs is 7. The van der Waals surface area contributed by atoms with Crippen molar-refractivity contribution in [1.29, 1.82) is 0 Å². The Morgan fingerprint density at radius 2 is 1.59 bits per heavy atom. The number of nitrogens with zero attached hydrogens (tertiary/aromatic N) is 1. The molecule has 7 rings (SSSR count). The van der Waals surface area contributed by atoms with Crippen LogP contribution in [0.15, 0.2) is 30.3 Å². The van der Waals surface area contributed by atoms with Crippen molar-refractivity contribution in [2.45, 2.75) is 106 Å². The zero-order valence-corrected chi connectivity index (χ0v) is 33.3. The van der Waals surface area contributed by atoms with Gasteiger partial charge in [0, 0.05) is 26.2 Å². The fourth-order valence-corrected chi connectivity index (χ4v) is 15.5. The van der Waals surface area contributed by atoms with Gasteiger partial charge in [0.25, 0.3) is 0 Å². The second kappa shape index (κ2) is 13.0. The standard InChI is InChI=1S/C42H65BN2O5S/c1-28(2)31-14-19-42(37(46)44-22-23-45-24-26-51(49,50)27-25-45)21-20-40(6)33(36(31)42)12-13-35-39(5)17-15-32(29-8-10-30(11-9-29)43(47)48)38(3,4)34(39)16-18-41(35,40)7/h8-11,15,28,31,33-36,47-48H,12-14,16-27H2,1-7H3,(H,44,46)/t31-,33+,34-,35+,36+,39-,40+,41+,42-/m0/s1. The Morgan fingerprint density at radius 3 is 2.24 bits per heavy atom. The molecule has 9 heteroatoms. The SMILES string of the molecule is CC(C)[C@@H]1CC[C@]2(C(=O)NCCN3CCS(=O)(=O)CC3)CC[C@]3(C)[C@H](CC[C@@H]4[C@@]5(C)CC=C(c6ccc(B(O)O)cc6)C(C)(C)[C@@H]5CC[C@]43C)[C@@H]12. The number of carbonyl (C=O) groups excluding carboxylic acids is 1. The van der Waals surface area contributed by atoms with E-state index in [4.69, 9.17) is 0 Å². The van der Waals surface area contributed by atoms with Crippen molar-refractivity contribution in [2.24, 2.45) is 62.6 Å². The first-order chi connectivity index (χ1) is 23.9. The van der Waals surface area contributed by atoms with Crippen molar-refractivity contribution in [3.8, 4) is 0 Å². The summed E-state index contributed by atoms with van der Waals surface area (Å²) in [6.07, 6.45) is 12.8. The first kappa shape index (κ1) is 37.6. The topological polar surface area (TPSA) is 107 Å². The zero-order valence-electron chi connectivity index (χ0n) is 32.5. The molecule has 4 saturated carbocycles. The van der Waals surface area contributed by atoms with Crippen LogP contribution in [0, 0.1) is 62.6 Å². The Bertz CT molecular complexity index is 1630. The van der Waals surface area contributed by atoms with E-state index in [1.165, 1.54) is 36.8 Å². The molecule has 0 radical (unpaired) electrons. The van der Waals surface area contributed by atoms with E-state index in [-0.39, 0.29) is 44.5 Å². The molecule has 1 aromatic carbocycles. The highest BCUT2D eigenvalue weighted by Gasteiger charge is 2.71. The van der Waals surface area contributed by atoms with Crippen molar-refractivity contribution >= 4 is 33.9 Å². The molecule has 5 fully saturated rings. The summed E-state index contributed by atoms with van der Waals surface area (Å²) in [5.41, 5.74) is 3.43. The third-order valence-electron chi connectivity index (χ3n) is 17.0. The van der Waals surface area contributed by atoms with Gasteiger partial charge < -0.3 is 15.4 Å². The molecule has 1 heterocycles. The smallest absolute Gasteiger partial charge is 0.423 e. The average molecular weight is 721 g/mol. The minimum absolute atomic E-state index is 0.00187. The second-order valence-electron chi connectivity index (χ2n) is 19.6. The fraction of sp³-hybridized carbons (Fsp3) is 0.786. The van der Waals surface area contributed by atoms with Crippen molar-refractivity contribution in [3.63, 3.8) is 0 Å². The predicted octanol–water partition coefficient (Wildman–Crippen LogP) is 5.94. The number of nitrogens with one attached hydrogen (secondary N) is 1. The summed E-state index contributed by atoms with van der Waals surface area (Å²) < 4.78 is 23.9. The molecule has 6 aliphatic rings. The Balaban J connectivity index is 1.14. The van der Waals surface area contributed by atoms with Crippen molar-refractivity contribution in [2.75, 3.05) is 37.7 Å². The van der Waals surface area contributed by atoms with E-state index in [0.717, 1.165) is 38.6 Å². The lowest BCUT2D eigenvalue weighted by atomic mass is 9.32. The molecule has 0 aromatic heterocycles. The number of hydrogen-bond donors (Lipinski definition) is 3. The number of hydrogen-bond acceptors (Lipinski definition) is 6. The maximum Gasteiger partial charge on any atom is 0.488 e. The highest BCUT2D eigenvalue weighted by atomic mass is 32.2. The van der Waals surface area contributed by atoms with Crippen LogP contribution in [0.25, 0.3) is 5.57 Å². The van der Waals surface area contributed by atoms with Crippen LogP contribution in [-0.4, -0.2) is 74.1 Å². The van der Waals surface area contributed by atoms with Gasteiger partial charge in [0.15, 0.2) is 9.84 Å². The number of carbonyl (C=O) groups is 1. The first-order valence-electron chi connectivity index (χ1n) is 20.3. The Hall–Kier alpha value is -1.68. The van der Waals surface area contributed by atoms with Crippen LogP contribution in [0.5, 0.6) is 0 Å². The highest BCUT2D eigenvalue weighted by Crippen LogP contribution is 2.77. The van der Waals surface area contributed by atoms with E-state index in [1.807, 2.05) is 12.1 Å². The molecule has 9 atom stereocenters. The third-order valence-corrected chi connectivity index (χ3v) is 18.6. The predicted molar refractivity (Wildman–Crippen MR) is 207 cm³/mol. The normalized spacial score (nSPS) is 41.5. The number of rotatable bonds is 7. The fourth-order valence-electron chi connectivity index (χ4n) is 14.2. The van der Waals surface area contributed by atoms with Gasteiger partial charge in [-0.1, -0.05) is 78.8 Å². The Labute approximate surface area is 308 Å². The van der Waals surface area contributed by atoms with Gasteiger partial charge in [-0.3, -0.25) is 9.69 Å². The molecule has 7 nitrogen and oxygen atoms in total. The molecule has 0 spiro atoms. The van der Waals surface area contributed by atoms with Gasteiger partial charge >= 0.3 is 7.12 Å². The Morgan fingerprint density at radius 1 is 0.902 bits per heavy atom. The van der Waals surface area contributed by atoms with Gasteiger partial charge in [-0.05, 0) is 132 Å². The van der Waals surface area contributed by atoms with Gasteiger partial charge in [-0.15, -0.1) is 0 Å². The summed E-state index contributed by atoms with van der Waals surface area (Å²) in [6.45, 7) is 20.1. The summed E-state index contributed by atoms with van der Waals surface area (Å²) in [7, 11) is -4.36. The van der Waals surface area contributed by atoms with Crippen LogP contribution in [0.4, 0.5) is 0 Å². The van der Waals surface area contributed by atoms with Crippen LogP contribution in [0.2, 0.25) is 0 Å². The van der Waals surface area contributed by atoms with Crippen LogP contribution in [-0.2, 0) is 14.6 Å². The van der Waals surface area contributed by atoms with E-state index in [2.05, 4.69) is 76.9 Å². The largest absolute Gasteiger partial charge is 0.488 e. The molecule has 1 aliphatic heterocycles. The summed E-state index contributed by atoms with van der Waals surface area (Å²) >= 11 is 0. The minimum Gasteiger partial charge on any atom is -0.423 e. The molecular weight excluding hydrogens is 655 g/mol. The molecule has 282 valence electrons. The van der Waals surface area contributed by atoms with Crippen LogP contribution in [0.1, 0.15) is 112 Å². The van der Waals surface area contributed by atoms with E-state index in [9.17, 15) is 23.3 Å². The monoisotopic (exact) mass is 720 g/mol. The molecule has 3 N–H and O–H groups in total. The number of sulfone groups is 1. The van der Waals surface area contributed by atoms with E-state index in [0.29, 0.717) is 60.6 Å². The van der Waals surface area contributed by atoms with Crippen molar-refractivity contribution in [3.05, 3.63) is 35.9 Å². The van der Waals surface area contributed by atoms with Gasteiger partial charge in [-0.25, -0.2) is 8.42 Å². The molecule has 51 heavy (non-hydrogen) atoms. The molecule has 0 bridgehead atoms. The first-order valence-corrected chi connectivity index (χ1v) is 22.1. The van der Waals surface area contributed by atoms with Gasteiger partial charge in [-0.2, -0.15) is 0 Å². The van der Waals surface area contributed by atoms with E-state index in [1.54, 1.807) is 0 Å². The van der Waals surface area contributed by atoms with Crippen molar-refractivity contribution in [1.82, 2.24) is 10.2 Å². The van der Waals surface area contributed by atoms with Gasteiger partial charge in [0.05, 0.1) is 16.9 Å². The quantitative estimate of drug-likeness (QED) is 0.301. The van der Waals surface area contributed by atoms with Crippen LogP contribution in [0.3, 0.4) is 0 Å². The maximum atomic E-state index is 14.5. The highest BCUT2D eigenvalue weighted by molar-refractivity contribution is 7.91. The number of benzene rings is 1. The Kier molecular flexibility index (Phi) is 9.58. The van der Waals surface area contributed by atoms with Crippen LogP contribution < -0.4 is 10.8 Å². The van der Waals surface area contributed by atoms with E-state index < -0.39 is 17.0 Å². The van der Waals surface area contributed by atoms with Gasteiger partial charge in [0.2, 0.25) is 5.91 Å². The van der Waals surface area contributed by atoms with E-state index >= 15 is 0 Å². The average Bonchev–Trinajstić information content (AvgIpc) is 3.47. The second-order valence-corrected chi connectivity index (χ2v) is 21.9. The molecular formula is C42H65BN2O5S. The number of amides is 1. The molecule has 1 saturated heterocycles. The summed E-state index contributed by atoms with van der Waals surface area (Å²) in [5.74, 6) is 4.00. The summed E-state index contributed by atoms with van der Waals surface area (Å²) in [6, 6.07) is 7.85. The molecule has 1 amide bonds. The lowest BCUT2D eigenvalue weighted by molar-refractivity contribution is -0.227. The number of allylic oxidation sites excluding steroid dienone is 2. The van der Waals surface area contributed by atoms with Crippen LogP contribution >= 0.6 is 0 Å². The minimum atomic E-state index is -2.91. The molecule has 5 aliphatic carbocycles. The summed E-state index contributed by atoms with van der Waals surface area (Å²) in [5, 5.41) is 22.8.